The topological polar surface area (TPSA) is 0 Å². The highest BCUT2D eigenvalue weighted by molar-refractivity contribution is 5.08. The molecule has 0 amide bonds. The van der Waals surface area contributed by atoms with E-state index in [1.54, 1.807) is 0 Å². The summed E-state index contributed by atoms with van der Waals surface area (Å²) in [5.41, 5.74) is 2.28. The molecule has 0 atom stereocenters. The first-order valence-corrected chi connectivity index (χ1v) is 4.82. The second-order valence-corrected chi connectivity index (χ2v) is 5.59. The molecule has 0 aromatic heterocycles. The van der Waals surface area contributed by atoms with Gasteiger partial charge in [0.2, 0.25) is 0 Å². The van der Waals surface area contributed by atoms with E-state index in [-0.39, 0.29) is 0 Å². The summed E-state index contributed by atoms with van der Waals surface area (Å²) in [6.07, 6.45) is 3.47. The van der Waals surface area contributed by atoms with Gasteiger partial charge in [0.15, 0.2) is 0 Å². The Morgan fingerprint density at radius 3 is 1.75 bits per heavy atom. The molecule has 0 aliphatic heterocycles. The van der Waals surface area contributed by atoms with Gasteiger partial charge < -0.3 is 0 Å². The predicted octanol–water partition coefficient (Wildman–Crippen LogP) is 4.42. The minimum atomic E-state index is 0.354. The monoisotopic (exact) mass is 168 g/mol. The van der Waals surface area contributed by atoms with E-state index in [9.17, 15) is 0 Å². The largest absolute Gasteiger partial charge is 0.0882 e. The Morgan fingerprint density at radius 2 is 1.50 bits per heavy atom. The summed E-state index contributed by atoms with van der Waals surface area (Å²) in [6.45, 7) is 15.9. The lowest BCUT2D eigenvalue weighted by Gasteiger charge is -2.33. The van der Waals surface area contributed by atoms with Crippen molar-refractivity contribution in [3.8, 4) is 0 Å². The first kappa shape index (κ1) is 11.7. The van der Waals surface area contributed by atoms with E-state index in [1.807, 2.05) is 0 Å². The highest BCUT2D eigenvalue weighted by Gasteiger charge is 2.26. The molecule has 0 heteroatoms. The molecule has 12 heavy (non-hydrogen) atoms. The van der Waals surface area contributed by atoms with Crippen LogP contribution in [0.2, 0.25) is 0 Å². The van der Waals surface area contributed by atoms with Crippen LogP contribution in [-0.2, 0) is 0 Å². The Morgan fingerprint density at radius 1 is 1.08 bits per heavy atom. The van der Waals surface area contributed by atoms with E-state index in [1.165, 1.54) is 12.0 Å². The summed E-state index contributed by atoms with van der Waals surface area (Å²) in [4.78, 5) is 0. The van der Waals surface area contributed by atoms with E-state index in [0.29, 0.717) is 10.8 Å². The molecular weight excluding hydrogens is 144 g/mol. The van der Waals surface area contributed by atoms with Gasteiger partial charge in [0.1, 0.15) is 0 Å². The van der Waals surface area contributed by atoms with Crippen molar-refractivity contribution in [2.24, 2.45) is 10.8 Å². The second kappa shape index (κ2) is 3.64. The fraction of sp³-hybridized carbons (Fsp3) is 0.833. The summed E-state index contributed by atoms with van der Waals surface area (Å²) in [5.74, 6) is 0. The molecule has 0 aromatic carbocycles. The fourth-order valence-electron chi connectivity index (χ4n) is 1.86. The zero-order valence-electron chi connectivity index (χ0n) is 9.78. The molecule has 0 nitrogen and oxygen atoms in total. The van der Waals surface area contributed by atoms with E-state index in [2.05, 4.69) is 54.5 Å². The molecule has 0 saturated carbocycles. The van der Waals surface area contributed by atoms with Crippen molar-refractivity contribution in [1.29, 1.82) is 0 Å². The van der Waals surface area contributed by atoms with Gasteiger partial charge in [-0.05, 0) is 31.1 Å². The van der Waals surface area contributed by atoms with Crippen molar-refractivity contribution in [3.63, 3.8) is 0 Å². The van der Waals surface area contributed by atoms with Gasteiger partial charge >= 0.3 is 0 Å². The van der Waals surface area contributed by atoms with Gasteiger partial charge in [0, 0.05) is 0 Å². The third-order valence-electron chi connectivity index (χ3n) is 2.47. The molecule has 0 N–H and O–H groups in total. The lowest BCUT2D eigenvalue weighted by atomic mass is 9.72. The van der Waals surface area contributed by atoms with Crippen molar-refractivity contribution in [1.82, 2.24) is 0 Å². The molecule has 0 unspecified atom stereocenters. The molecule has 0 heterocycles. The lowest BCUT2D eigenvalue weighted by molar-refractivity contribution is 0.249. The van der Waals surface area contributed by atoms with Crippen LogP contribution in [0.4, 0.5) is 0 Å². The van der Waals surface area contributed by atoms with Crippen molar-refractivity contribution in [2.75, 3.05) is 0 Å². The molecule has 0 radical (unpaired) electrons. The number of allylic oxidation sites excluding steroid dienone is 2. The van der Waals surface area contributed by atoms with Crippen molar-refractivity contribution in [3.05, 3.63) is 11.6 Å². The summed E-state index contributed by atoms with van der Waals surface area (Å²) >= 11 is 0. The number of hydrogen-bond acceptors (Lipinski definition) is 0. The SMILES string of the molecule is CC=C(C)C(C)(C)CC(C)(C)C. The third-order valence-corrected chi connectivity index (χ3v) is 2.47. The highest BCUT2D eigenvalue weighted by Crippen LogP contribution is 2.38. The Balaban J connectivity index is 4.44. The maximum Gasteiger partial charge on any atom is -0.0143 e. The molecule has 0 aliphatic carbocycles. The van der Waals surface area contributed by atoms with Crippen LogP contribution in [-0.4, -0.2) is 0 Å². The first-order chi connectivity index (χ1) is 5.19. The average Bonchev–Trinajstić information content (AvgIpc) is 1.80. The van der Waals surface area contributed by atoms with Gasteiger partial charge in [-0.3, -0.25) is 0 Å². The van der Waals surface area contributed by atoms with E-state index in [4.69, 9.17) is 0 Å². The Hall–Kier alpha value is -0.260. The number of rotatable bonds is 2. The van der Waals surface area contributed by atoms with Gasteiger partial charge in [-0.1, -0.05) is 46.3 Å². The van der Waals surface area contributed by atoms with Crippen molar-refractivity contribution >= 4 is 0 Å². The molecular formula is C12H24. The summed E-state index contributed by atoms with van der Waals surface area (Å²) in [5, 5.41) is 0. The van der Waals surface area contributed by atoms with Crippen LogP contribution in [0.15, 0.2) is 11.6 Å². The van der Waals surface area contributed by atoms with Crippen LogP contribution in [0, 0.1) is 10.8 Å². The predicted molar refractivity (Wildman–Crippen MR) is 57.3 cm³/mol. The maximum absolute atomic E-state index is 2.33. The van der Waals surface area contributed by atoms with E-state index < -0.39 is 0 Å². The number of hydrogen-bond donors (Lipinski definition) is 0. The molecule has 0 spiro atoms. The maximum atomic E-state index is 2.33. The van der Waals surface area contributed by atoms with Crippen LogP contribution >= 0.6 is 0 Å². The molecule has 0 fully saturated rings. The Labute approximate surface area is 78.1 Å². The van der Waals surface area contributed by atoms with Crippen LogP contribution in [0.1, 0.15) is 54.9 Å². The van der Waals surface area contributed by atoms with Gasteiger partial charge in [-0.25, -0.2) is 0 Å². The van der Waals surface area contributed by atoms with Crippen LogP contribution in [0.25, 0.3) is 0 Å². The van der Waals surface area contributed by atoms with Crippen LogP contribution in [0.3, 0.4) is 0 Å². The molecule has 0 aliphatic rings. The van der Waals surface area contributed by atoms with Gasteiger partial charge in [-0.15, -0.1) is 0 Å². The van der Waals surface area contributed by atoms with Gasteiger partial charge in [0.05, 0.1) is 0 Å². The minimum absolute atomic E-state index is 0.354. The molecule has 0 rings (SSSR count). The Kier molecular flexibility index (Phi) is 3.56. The lowest BCUT2D eigenvalue weighted by Crippen LogP contribution is -2.21. The molecule has 0 saturated heterocycles. The fourth-order valence-corrected chi connectivity index (χ4v) is 1.86. The van der Waals surface area contributed by atoms with Crippen LogP contribution in [0.5, 0.6) is 0 Å². The van der Waals surface area contributed by atoms with Crippen molar-refractivity contribution in [2.45, 2.75) is 54.9 Å². The zero-order chi connectivity index (χ0) is 9.99. The highest BCUT2D eigenvalue weighted by atomic mass is 14.3. The summed E-state index contributed by atoms with van der Waals surface area (Å²) in [6, 6.07) is 0. The molecule has 0 bridgehead atoms. The van der Waals surface area contributed by atoms with E-state index in [0.717, 1.165) is 0 Å². The summed E-state index contributed by atoms with van der Waals surface area (Å²) in [7, 11) is 0. The van der Waals surface area contributed by atoms with E-state index >= 15 is 0 Å². The van der Waals surface area contributed by atoms with Gasteiger partial charge in [-0.2, -0.15) is 0 Å². The molecule has 72 valence electrons. The standard InChI is InChI=1S/C12H24/c1-8-10(2)12(6,7)9-11(3,4)5/h8H,9H2,1-7H3. The normalized spacial score (nSPS) is 15.1. The van der Waals surface area contributed by atoms with Crippen LogP contribution < -0.4 is 0 Å². The first-order valence-electron chi connectivity index (χ1n) is 4.82. The van der Waals surface area contributed by atoms with Gasteiger partial charge in [0.25, 0.3) is 0 Å². The third kappa shape index (κ3) is 3.94. The zero-order valence-corrected chi connectivity index (χ0v) is 9.78. The minimum Gasteiger partial charge on any atom is -0.0882 e. The Bertz CT molecular complexity index is 165. The smallest absolute Gasteiger partial charge is 0.0143 e. The van der Waals surface area contributed by atoms with Crippen molar-refractivity contribution < 1.29 is 0 Å². The average molecular weight is 168 g/mol. The quantitative estimate of drug-likeness (QED) is 0.536. The molecule has 0 aromatic rings. The summed E-state index contributed by atoms with van der Waals surface area (Å²) < 4.78 is 0. The second-order valence-electron chi connectivity index (χ2n) is 5.59.